The summed E-state index contributed by atoms with van der Waals surface area (Å²) in [5.41, 5.74) is 3.55. The van der Waals surface area contributed by atoms with Gasteiger partial charge >= 0.3 is 0 Å². The molecule has 0 unspecified atom stereocenters. The van der Waals surface area contributed by atoms with E-state index in [0.29, 0.717) is 25.1 Å². The second kappa shape index (κ2) is 9.57. The Morgan fingerprint density at radius 2 is 1.73 bits per heavy atom. The molecule has 2 amide bonds. The predicted octanol–water partition coefficient (Wildman–Crippen LogP) is 3.73. The van der Waals surface area contributed by atoms with Crippen molar-refractivity contribution in [1.82, 2.24) is 20.6 Å². The van der Waals surface area contributed by atoms with Crippen molar-refractivity contribution in [3.05, 3.63) is 65.5 Å². The molecule has 3 aromatic rings. The number of fused-ring (bicyclic) bond motifs is 1. The van der Waals surface area contributed by atoms with Crippen molar-refractivity contribution in [2.75, 3.05) is 6.54 Å². The summed E-state index contributed by atoms with van der Waals surface area (Å²) in [6, 6.07) is 15.3. The number of benzene rings is 2. The van der Waals surface area contributed by atoms with Gasteiger partial charge in [0, 0.05) is 31.0 Å². The quantitative estimate of drug-likeness (QED) is 0.561. The summed E-state index contributed by atoms with van der Waals surface area (Å²) in [5.74, 6) is 1.07. The number of nitrogens with zero attached hydrogens (tertiary/aromatic N) is 1. The smallest absolute Gasteiger partial charge is 0.251 e. The first-order valence-corrected chi connectivity index (χ1v) is 10.8. The number of hydrogen-bond acceptors (Lipinski definition) is 3. The fraction of sp³-hybridized carbons (Fsp3) is 0.375. The Morgan fingerprint density at radius 1 is 0.967 bits per heavy atom. The number of nitrogens with one attached hydrogen (secondary N) is 3. The lowest BCUT2D eigenvalue weighted by atomic mass is 9.88. The minimum Gasteiger partial charge on any atom is -0.352 e. The molecule has 0 aliphatic heterocycles. The van der Waals surface area contributed by atoms with Gasteiger partial charge in [0.2, 0.25) is 5.91 Å². The molecule has 2 aromatic carbocycles. The van der Waals surface area contributed by atoms with Crippen molar-refractivity contribution in [2.45, 2.75) is 45.1 Å². The molecule has 1 aliphatic rings. The second-order valence-corrected chi connectivity index (χ2v) is 7.96. The van der Waals surface area contributed by atoms with Gasteiger partial charge in [-0.3, -0.25) is 9.59 Å². The van der Waals surface area contributed by atoms with E-state index in [1.807, 2.05) is 36.4 Å². The topological polar surface area (TPSA) is 86.9 Å². The van der Waals surface area contributed by atoms with E-state index in [2.05, 4.69) is 20.6 Å². The molecule has 3 N–H and O–H groups in total. The van der Waals surface area contributed by atoms with Crippen LogP contribution in [-0.4, -0.2) is 28.3 Å². The van der Waals surface area contributed by atoms with Gasteiger partial charge in [-0.05, 0) is 42.7 Å². The predicted molar refractivity (Wildman–Crippen MR) is 117 cm³/mol. The van der Waals surface area contributed by atoms with E-state index in [-0.39, 0.29) is 17.7 Å². The summed E-state index contributed by atoms with van der Waals surface area (Å²) in [4.78, 5) is 32.4. The normalized spacial score (nSPS) is 14.5. The minimum absolute atomic E-state index is 0.107. The zero-order valence-electron chi connectivity index (χ0n) is 17.1. The van der Waals surface area contributed by atoms with Crippen molar-refractivity contribution in [2.24, 2.45) is 5.92 Å². The molecule has 6 nitrogen and oxygen atoms in total. The van der Waals surface area contributed by atoms with Gasteiger partial charge in [0.1, 0.15) is 5.82 Å². The number of carbonyl (C=O) groups excluding carboxylic acids is 2. The number of aromatic amines is 1. The van der Waals surface area contributed by atoms with E-state index in [4.69, 9.17) is 0 Å². The molecular formula is C24H28N4O2. The van der Waals surface area contributed by atoms with Crippen molar-refractivity contribution < 1.29 is 9.59 Å². The molecule has 1 heterocycles. The first kappa shape index (κ1) is 20.1. The Morgan fingerprint density at radius 3 is 2.50 bits per heavy atom. The van der Waals surface area contributed by atoms with Crippen LogP contribution in [0.5, 0.6) is 0 Å². The number of amides is 2. The third kappa shape index (κ3) is 5.06. The van der Waals surface area contributed by atoms with Crippen LogP contribution in [0.1, 0.15) is 53.8 Å². The number of hydrogen-bond donors (Lipinski definition) is 3. The first-order chi connectivity index (χ1) is 14.7. The fourth-order valence-electron chi connectivity index (χ4n) is 3.99. The second-order valence-electron chi connectivity index (χ2n) is 7.96. The van der Waals surface area contributed by atoms with Gasteiger partial charge in [-0.25, -0.2) is 4.98 Å². The van der Waals surface area contributed by atoms with Gasteiger partial charge < -0.3 is 15.6 Å². The van der Waals surface area contributed by atoms with Crippen LogP contribution in [0, 0.1) is 5.92 Å². The van der Waals surface area contributed by atoms with Crippen LogP contribution >= 0.6 is 0 Å². The summed E-state index contributed by atoms with van der Waals surface area (Å²) < 4.78 is 0. The van der Waals surface area contributed by atoms with E-state index in [1.54, 1.807) is 12.1 Å². The number of imidazole rings is 1. The van der Waals surface area contributed by atoms with E-state index >= 15 is 0 Å². The van der Waals surface area contributed by atoms with Crippen LogP contribution in [0.4, 0.5) is 0 Å². The van der Waals surface area contributed by atoms with Crippen LogP contribution in [0.25, 0.3) is 11.0 Å². The molecule has 0 radical (unpaired) electrons. The molecular weight excluding hydrogens is 376 g/mol. The standard InChI is InChI=1S/C24H28N4O2/c29-23(25-15-14-22-27-20-8-4-5-9-21(20)28-22)19-12-10-17(11-13-19)16-26-24(30)18-6-2-1-3-7-18/h4-5,8-13,18H,1-3,6-7,14-16H2,(H,25,29)(H,26,30)(H,27,28). The zero-order chi connectivity index (χ0) is 20.8. The molecule has 156 valence electrons. The average Bonchev–Trinajstić information content (AvgIpc) is 3.21. The fourth-order valence-corrected chi connectivity index (χ4v) is 3.99. The number of rotatable bonds is 7. The number of H-pyrrole nitrogens is 1. The highest BCUT2D eigenvalue weighted by molar-refractivity contribution is 5.94. The largest absolute Gasteiger partial charge is 0.352 e. The zero-order valence-corrected chi connectivity index (χ0v) is 17.1. The van der Waals surface area contributed by atoms with Gasteiger partial charge in [-0.1, -0.05) is 43.5 Å². The van der Waals surface area contributed by atoms with Crippen LogP contribution in [0.15, 0.2) is 48.5 Å². The van der Waals surface area contributed by atoms with Gasteiger partial charge in [-0.2, -0.15) is 0 Å². The Kier molecular flexibility index (Phi) is 6.42. The monoisotopic (exact) mass is 404 g/mol. The maximum atomic E-state index is 12.4. The Bertz CT molecular complexity index is 970. The Hall–Kier alpha value is -3.15. The maximum Gasteiger partial charge on any atom is 0.251 e. The highest BCUT2D eigenvalue weighted by Crippen LogP contribution is 2.23. The highest BCUT2D eigenvalue weighted by Gasteiger charge is 2.20. The summed E-state index contributed by atoms with van der Waals surface area (Å²) >= 11 is 0. The lowest BCUT2D eigenvalue weighted by molar-refractivity contribution is -0.126. The summed E-state index contributed by atoms with van der Waals surface area (Å²) in [7, 11) is 0. The van der Waals surface area contributed by atoms with Gasteiger partial charge in [0.05, 0.1) is 11.0 Å². The molecule has 0 atom stereocenters. The van der Waals surface area contributed by atoms with Gasteiger partial charge in [0.25, 0.3) is 5.91 Å². The molecule has 0 bridgehead atoms. The van der Waals surface area contributed by atoms with E-state index in [0.717, 1.165) is 48.1 Å². The molecule has 1 aromatic heterocycles. The van der Waals surface area contributed by atoms with Crippen LogP contribution in [0.2, 0.25) is 0 Å². The first-order valence-electron chi connectivity index (χ1n) is 10.8. The number of para-hydroxylation sites is 2. The molecule has 4 rings (SSSR count). The van der Waals surface area contributed by atoms with Crippen LogP contribution in [-0.2, 0) is 17.8 Å². The molecule has 0 saturated heterocycles. The summed E-state index contributed by atoms with van der Waals surface area (Å²) in [6.45, 7) is 1.02. The van der Waals surface area contributed by atoms with Gasteiger partial charge in [0.15, 0.2) is 0 Å². The molecule has 6 heteroatoms. The SMILES string of the molecule is O=C(NCCc1nc2ccccc2[nH]1)c1ccc(CNC(=O)C2CCCCC2)cc1. The molecule has 1 saturated carbocycles. The molecule has 1 aliphatic carbocycles. The van der Waals surface area contributed by atoms with Crippen molar-refractivity contribution in [3.8, 4) is 0 Å². The third-order valence-corrected chi connectivity index (χ3v) is 5.74. The van der Waals surface area contributed by atoms with E-state index in [9.17, 15) is 9.59 Å². The average molecular weight is 405 g/mol. The molecule has 30 heavy (non-hydrogen) atoms. The summed E-state index contributed by atoms with van der Waals surface area (Å²) in [6.07, 6.45) is 6.19. The number of carbonyl (C=O) groups is 2. The lowest BCUT2D eigenvalue weighted by Gasteiger charge is -2.20. The van der Waals surface area contributed by atoms with Gasteiger partial charge in [-0.15, -0.1) is 0 Å². The van der Waals surface area contributed by atoms with Crippen molar-refractivity contribution in [1.29, 1.82) is 0 Å². The molecule has 1 fully saturated rings. The minimum atomic E-state index is -0.107. The Balaban J connectivity index is 1.22. The Labute approximate surface area is 176 Å². The van der Waals surface area contributed by atoms with Crippen molar-refractivity contribution >= 4 is 22.8 Å². The number of aromatic nitrogens is 2. The summed E-state index contributed by atoms with van der Waals surface area (Å²) in [5, 5.41) is 5.97. The van der Waals surface area contributed by atoms with Crippen LogP contribution in [0.3, 0.4) is 0 Å². The molecule has 0 spiro atoms. The lowest BCUT2D eigenvalue weighted by Crippen LogP contribution is -2.31. The highest BCUT2D eigenvalue weighted by atomic mass is 16.2. The third-order valence-electron chi connectivity index (χ3n) is 5.74. The van der Waals surface area contributed by atoms with E-state index in [1.165, 1.54) is 6.42 Å². The van der Waals surface area contributed by atoms with E-state index < -0.39 is 0 Å². The maximum absolute atomic E-state index is 12.4. The van der Waals surface area contributed by atoms with Crippen LogP contribution < -0.4 is 10.6 Å². The van der Waals surface area contributed by atoms with Crippen molar-refractivity contribution in [3.63, 3.8) is 0 Å².